The lowest BCUT2D eigenvalue weighted by molar-refractivity contribution is -0.127. The fourth-order valence-corrected chi connectivity index (χ4v) is 3.01. The molecule has 1 heterocycles. The highest BCUT2D eigenvalue weighted by molar-refractivity contribution is 5.77. The molecule has 1 N–H and O–H groups in total. The first kappa shape index (κ1) is 17.5. The number of likely N-dealkylation sites (tertiary alicyclic amines) is 1. The molecular formula is C21H26N2O2. The number of ether oxygens (including phenoxy) is 1. The third-order valence-electron chi connectivity index (χ3n) is 4.45. The summed E-state index contributed by atoms with van der Waals surface area (Å²) in [5, 5.41) is 3.44. The Bertz CT molecular complexity index is 655. The number of amides is 1. The van der Waals surface area contributed by atoms with E-state index < -0.39 is 0 Å². The maximum atomic E-state index is 11.5. The van der Waals surface area contributed by atoms with Crippen LogP contribution in [0.15, 0.2) is 54.6 Å². The van der Waals surface area contributed by atoms with Gasteiger partial charge in [-0.25, -0.2) is 0 Å². The van der Waals surface area contributed by atoms with Crippen LogP contribution in [0.3, 0.4) is 0 Å². The van der Waals surface area contributed by atoms with Crippen molar-refractivity contribution in [3.8, 4) is 5.75 Å². The van der Waals surface area contributed by atoms with Crippen LogP contribution in [0.1, 0.15) is 30.4 Å². The second-order valence-electron chi connectivity index (χ2n) is 6.43. The Kier molecular flexibility index (Phi) is 6.46. The van der Waals surface area contributed by atoms with Crippen LogP contribution in [0.25, 0.3) is 0 Å². The lowest BCUT2D eigenvalue weighted by atomic mass is 10.2. The number of benzene rings is 2. The van der Waals surface area contributed by atoms with E-state index in [2.05, 4.69) is 29.6 Å². The fourth-order valence-electron chi connectivity index (χ4n) is 3.01. The highest BCUT2D eigenvalue weighted by Crippen LogP contribution is 2.14. The molecule has 0 saturated carbocycles. The van der Waals surface area contributed by atoms with E-state index in [1.807, 2.05) is 35.2 Å². The molecule has 4 nitrogen and oxygen atoms in total. The molecule has 0 atom stereocenters. The smallest absolute Gasteiger partial charge is 0.222 e. The van der Waals surface area contributed by atoms with Crippen molar-refractivity contribution in [1.29, 1.82) is 0 Å². The van der Waals surface area contributed by atoms with E-state index >= 15 is 0 Å². The molecule has 25 heavy (non-hydrogen) atoms. The van der Waals surface area contributed by atoms with E-state index in [4.69, 9.17) is 4.74 Å². The molecule has 0 aliphatic carbocycles. The zero-order valence-corrected chi connectivity index (χ0v) is 14.6. The maximum Gasteiger partial charge on any atom is 0.222 e. The number of nitrogens with one attached hydrogen (secondary N) is 1. The minimum atomic E-state index is 0.311. The van der Waals surface area contributed by atoms with Crippen LogP contribution in [0.5, 0.6) is 5.75 Å². The molecule has 1 saturated heterocycles. The number of rotatable bonds is 9. The molecule has 3 rings (SSSR count). The first-order valence-corrected chi connectivity index (χ1v) is 9.05. The molecule has 0 aromatic heterocycles. The molecule has 0 unspecified atom stereocenters. The first-order chi connectivity index (χ1) is 12.3. The zero-order chi connectivity index (χ0) is 17.3. The van der Waals surface area contributed by atoms with Crippen LogP contribution in [-0.2, 0) is 17.9 Å². The summed E-state index contributed by atoms with van der Waals surface area (Å²) in [7, 11) is 0. The fraction of sp³-hybridized carbons (Fsp3) is 0.381. The average Bonchev–Trinajstić information content (AvgIpc) is 3.06. The van der Waals surface area contributed by atoms with Crippen LogP contribution in [0.4, 0.5) is 0 Å². The van der Waals surface area contributed by atoms with Crippen molar-refractivity contribution in [3.63, 3.8) is 0 Å². The Morgan fingerprint density at radius 3 is 2.52 bits per heavy atom. The molecule has 0 bridgehead atoms. The van der Waals surface area contributed by atoms with Crippen molar-refractivity contribution in [2.45, 2.75) is 32.4 Å². The van der Waals surface area contributed by atoms with Gasteiger partial charge in [-0.1, -0.05) is 42.5 Å². The summed E-state index contributed by atoms with van der Waals surface area (Å²) in [6, 6.07) is 18.4. The van der Waals surface area contributed by atoms with Gasteiger partial charge in [0.2, 0.25) is 5.91 Å². The highest BCUT2D eigenvalue weighted by Gasteiger charge is 2.18. The van der Waals surface area contributed by atoms with Crippen LogP contribution in [0.2, 0.25) is 0 Å². The molecule has 2 aromatic carbocycles. The van der Waals surface area contributed by atoms with Gasteiger partial charge in [0.1, 0.15) is 12.4 Å². The normalized spacial score (nSPS) is 14.1. The zero-order valence-electron chi connectivity index (χ0n) is 14.6. The Labute approximate surface area is 149 Å². The van der Waals surface area contributed by atoms with Gasteiger partial charge >= 0.3 is 0 Å². The summed E-state index contributed by atoms with van der Waals surface area (Å²) in [6.07, 6.45) is 2.75. The third-order valence-corrected chi connectivity index (χ3v) is 4.45. The second kappa shape index (κ2) is 9.23. The summed E-state index contributed by atoms with van der Waals surface area (Å²) < 4.78 is 5.80. The molecule has 0 spiro atoms. The SMILES string of the molecule is O=C1CCCN1CCCNCc1ccc(OCc2ccccc2)cc1. The van der Waals surface area contributed by atoms with Crippen LogP contribution in [0, 0.1) is 0 Å². The van der Waals surface area contributed by atoms with E-state index in [9.17, 15) is 4.79 Å². The van der Waals surface area contributed by atoms with Crippen LogP contribution >= 0.6 is 0 Å². The van der Waals surface area contributed by atoms with Gasteiger partial charge in [0.25, 0.3) is 0 Å². The largest absolute Gasteiger partial charge is 0.489 e. The van der Waals surface area contributed by atoms with Gasteiger partial charge in [0, 0.05) is 26.1 Å². The lowest BCUT2D eigenvalue weighted by Gasteiger charge is -2.15. The van der Waals surface area contributed by atoms with E-state index in [1.165, 1.54) is 11.1 Å². The molecule has 1 fully saturated rings. The van der Waals surface area contributed by atoms with E-state index in [-0.39, 0.29) is 0 Å². The topological polar surface area (TPSA) is 41.6 Å². The Hall–Kier alpha value is -2.33. The van der Waals surface area contributed by atoms with Gasteiger partial charge in [-0.15, -0.1) is 0 Å². The Morgan fingerprint density at radius 2 is 1.80 bits per heavy atom. The van der Waals surface area contributed by atoms with Crippen molar-refractivity contribution >= 4 is 5.91 Å². The summed E-state index contributed by atoms with van der Waals surface area (Å²) in [6.45, 7) is 4.16. The number of carbonyl (C=O) groups is 1. The van der Waals surface area contributed by atoms with E-state index in [1.54, 1.807) is 0 Å². The molecule has 4 heteroatoms. The van der Waals surface area contributed by atoms with Gasteiger partial charge in [0.05, 0.1) is 0 Å². The van der Waals surface area contributed by atoms with E-state index in [0.717, 1.165) is 51.2 Å². The molecule has 1 aliphatic rings. The molecule has 0 radical (unpaired) electrons. The predicted octanol–water partition coefficient (Wildman–Crippen LogP) is 3.37. The molecular weight excluding hydrogens is 312 g/mol. The van der Waals surface area contributed by atoms with Gasteiger partial charge in [-0.3, -0.25) is 4.79 Å². The van der Waals surface area contributed by atoms with Crippen molar-refractivity contribution in [1.82, 2.24) is 10.2 Å². The van der Waals surface area contributed by atoms with Crippen molar-refractivity contribution in [2.75, 3.05) is 19.6 Å². The summed E-state index contributed by atoms with van der Waals surface area (Å²) >= 11 is 0. The van der Waals surface area contributed by atoms with Gasteiger partial charge in [-0.2, -0.15) is 0 Å². The first-order valence-electron chi connectivity index (χ1n) is 9.05. The summed E-state index contributed by atoms with van der Waals surface area (Å²) in [5.74, 6) is 1.20. The maximum absolute atomic E-state index is 11.5. The quantitative estimate of drug-likeness (QED) is 0.713. The van der Waals surface area contributed by atoms with Crippen LogP contribution < -0.4 is 10.1 Å². The summed E-state index contributed by atoms with van der Waals surface area (Å²) in [4.78, 5) is 13.5. The number of carbonyl (C=O) groups excluding carboxylic acids is 1. The number of hydrogen-bond donors (Lipinski definition) is 1. The van der Waals surface area contributed by atoms with Crippen LogP contribution in [-0.4, -0.2) is 30.4 Å². The monoisotopic (exact) mass is 338 g/mol. The van der Waals surface area contributed by atoms with Crippen molar-refractivity contribution < 1.29 is 9.53 Å². The Balaban J connectivity index is 1.32. The van der Waals surface area contributed by atoms with Crippen molar-refractivity contribution in [3.05, 3.63) is 65.7 Å². The summed E-state index contributed by atoms with van der Waals surface area (Å²) in [5.41, 5.74) is 2.41. The van der Waals surface area contributed by atoms with Gasteiger partial charge < -0.3 is 15.0 Å². The molecule has 132 valence electrons. The second-order valence-corrected chi connectivity index (χ2v) is 6.43. The lowest BCUT2D eigenvalue weighted by Crippen LogP contribution is -2.28. The van der Waals surface area contributed by atoms with Gasteiger partial charge in [-0.05, 0) is 42.6 Å². The number of nitrogens with zero attached hydrogens (tertiary/aromatic N) is 1. The average molecular weight is 338 g/mol. The molecule has 1 amide bonds. The standard InChI is InChI=1S/C21H26N2O2/c24-21-8-4-14-23(21)15-5-13-22-16-18-9-11-20(12-10-18)25-17-19-6-2-1-3-7-19/h1-3,6-7,9-12,22H,4-5,8,13-17H2. The minimum Gasteiger partial charge on any atom is -0.489 e. The molecule has 1 aliphatic heterocycles. The highest BCUT2D eigenvalue weighted by atomic mass is 16.5. The number of hydrogen-bond acceptors (Lipinski definition) is 3. The Morgan fingerprint density at radius 1 is 1.00 bits per heavy atom. The third kappa shape index (κ3) is 5.61. The molecule has 2 aromatic rings. The predicted molar refractivity (Wildman–Crippen MR) is 99.4 cm³/mol. The van der Waals surface area contributed by atoms with Crippen molar-refractivity contribution in [2.24, 2.45) is 0 Å². The van der Waals surface area contributed by atoms with Gasteiger partial charge in [0.15, 0.2) is 0 Å². The minimum absolute atomic E-state index is 0.311. The van der Waals surface area contributed by atoms with E-state index in [0.29, 0.717) is 12.5 Å².